The zero-order valence-corrected chi connectivity index (χ0v) is 39.2. The third kappa shape index (κ3) is 8.64. The fourth-order valence-electron chi connectivity index (χ4n) is 7.78. The number of pyridine rings is 2. The van der Waals surface area contributed by atoms with E-state index in [0.29, 0.717) is 28.9 Å². The normalized spacial score (nSPS) is 10.9. The quantitative estimate of drug-likeness (QED) is 0.134. The second-order valence-electron chi connectivity index (χ2n) is 15.1. The van der Waals surface area contributed by atoms with Gasteiger partial charge in [-0.3, -0.25) is 0 Å². The molecule has 0 spiro atoms. The number of hydrogen-bond acceptors (Lipinski definition) is 6. The van der Waals surface area contributed by atoms with E-state index in [2.05, 4.69) is 133 Å². The maximum atomic E-state index is 6.82. The second kappa shape index (κ2) is 18.4. The van der Waals surface area contributed by atoms with E-state index in [-0.39, 0.29) is 42.1 Å². The SMILES string of the molecule is Cc1ccc(-c2c(Oc3[c-]c4c(cc3)c3ccc(Oc5[c-]c(-c6ccccn6)cc(C)c5-c5ccc(C)cc5)[c-]c3n4-c3ncccn3)[c-]c(-c3ccccn3)cc2C)cc1.[Pt+2].[Pt+2]. The van der Waals surface area contributed by atoms with Gasteiger partial charge < -0.3 is 24.0 Å². The Balaban J connectivity index is 0.00000272. The molecular formula is C54H37N5O2Pt2. The number of fused-ring (bicyclic) bond motifs is 3. The van der Waals surface area contributed by atoms with Gasteiger partial charge in [0.25, 0.3) is 0 Å². The van der Waals surface area contributed by atoms with Crippen LogP contribution in [0.5, 0.6) is 23.0 Å². The van der Waals surface area contributed by atoms with E-state index in [0.717, 1.165) is 77.7 Å². The summed E-state index contributed by atoms with van der Waals surface area (Å²) in [6, 6.07) is 56.9. The van der Waals surface area contributed by atoms with Gasteiger partial charge in [-0.05, 0) is 43.4 Å². The van der Waals surface area contributed by atoms with Crippen molar-refractivity contribution in [3.63, 3.8) is 0 Å². The molecule has 7 nitrogen and oxygen atoms in total. The van der Waals surface area contributed by atoms with Crippen molar-refractivity contribution in [1.82, 2.24) is 24.5 Å². The standard InChI is InChI=1S/C54H37N5O2.2Pt/c1-34-12-16-38(17-13-34)52-36(3)28-40(46-10-5-7-24-55-46)30-50(52)60-42-20-22-44-45-23-21-43(33-49(45)59(48(44)32-42)54-57-26-9-27-58-54)61-51-31-41(47-11-6-8-25-56-47)29-37(4)53(51)39-18-14-35(2)15-19-39;;/h5-29H,1-4H3;;/q-4;2*+2. The maximum absolute atomic E-state index is 6.82. The van der Waals surface area contributed by atoms with Gasteiger partial charge in [-0.15, -0.1) is 58.7 Å². The first-order valence-electron chi connectivity index (χ1n) is 20.0. The molecule has 0 unspecified atom stereocenters. The summed E-state index contributed by atoms with van der Waals surface area (Å²) in [7, 11) is 0. The minimum atomic E-state index is 0. The Labute approximate surface area is 395 Å². The van der Waals surface area contributed by atoms with E-state index in [1.807, 2.05) is 65.2 Å². The molecular weight excluding hydrogens is 1140 g/mol. The summed E-state index contributed by atoms with van der Waals surface area (Å²) >= 11 is 0. The first kappa shape index (κ1) is 43.1. The van der Waals surface area contributed by atoms with Crippen molar-refractivity contribution in [2.45, 2.75) is 27.7 Å². The van der Waals surface area contributed by atoms with Gasteiger partial charge in [0.2, 0.25) is 5.95 Å². The molecule has 0 saturated carbocycles. The Morgan fingerprint density at radius 3 is 1.29 bits per heavy atom. The summed E-state index contributed by atoms with van der Waals surface area (Å²) < 4.78 is 15.6. The maximum Gasteiger partial charge on any atom is 2.00 e. The molecule has 0 aliphatic carbocycles. The minimum absolute atomic E-state index is 0. The zero-order valence-electron chi connectivity index (χ0n) is 34.6. The predicted molar refractivity (Wildman–Crippen MR) is 241 cm³/mol. The van der Waals surface area contributed by atoms with Crippen LogP contribution >= 0.6 is 0 Å². The van der Waals surface area contributed by atoms with E-state index in [1.165, 1.54) is 11.1 Å². The fourth-order valence-corrected chi connectivity index (χ4v) is 7.78. The Bertz CT molecular complexity index is 3020. The summed E-state index contributed by atoms with van der Waals surface area (Å²) in [5.74, 6) is 2.62. The molecule has 0 aliphatic heterocycles. The Morgan fingerprint density at radius 2 is 0.873 bits per heavy atom. The first-order chi connectivity index (χ1) is 29.9. The van der Waals surface area contributed by atoms with Crippen molar-refractivity contribution < 1.29 is 51.6 Å². The molecule has 4 aromatic heterocycles. The van der Waals surface area contributed by atoms with Gasteiger partial charge in [-0.1, -0.05) is 143 Å². The van der Waals surface area contributed by atoms with Crippen LogP contribution in [0, 0.1) is 52.0 Å². The second-order valence-corrected chi connectivity index (χ2v) is 15.1. The largest absolute Gasteiger partial charge is 2.00 e. The van der Waals surface area contributed by atoms with Crippen LogP contribution in [0.4, 0.5) is 0 Å². The van der Waals surface area contributed by atoms with Gasteiger partial charge in [-0.2, -0.15) is 22.9 Å². The Morgan fingerprint density at radius 1 is 0.444 bits per heavy atom. The monoisotopic (exact) mass is 1180 g/mol. The summed E-state index contributed by atoms with van der Waals surface area (Å²) in [6.45, 7) is 8.35. The Hall–Kier alpha value is -6.52. The van der Waals surface area contributed by atoms with Crippen LogP contribution in [0.15, 0.2) is 152 Å². The van der Waals surface area contributed by atoms with E-state index in [9.17, 15) is 0 Å². The van der Waals surface area contributed by atoms with Crippen LogP contribution in [0.1, 0.15) is 22.3 Å². The fraction of sp³-hybridized carbons (Fsp3) is 0.0741. The number of hydrogen-bond donors (Lipinski definition) is 0. The van der Waals surface area contributed by atoms with Crippen molar-refractivity contribution in [1.29, 1.82) is 0 Å². The van der Waals surface area contributed by atoms with Gasteiger partial charge in [-0.25, -0.2) is 9.97 Å². The number of nitrogens with zero attached hydrogens (tertiary/aromatic N) is 5. The summed E-state index contributed by atoms with van der Waals surface area (Å²) in [6.07, 6.45) is 7.02. The molecule has 63 heavy (non-hydrogen) atoms. The number of aryl methyl sites for hydroxylation is 4. The van der Waals surface area contributed by atoms with Crippen LogP contribution in [-0.2, 0) is 42.1 Å². The van der Waals surface area contributed by atoms with Crippen molar-refractivity contribution in [2.24, 2.45) is 0 Å². The van der Waals surface area contributed by atoms with E-state index >= 15 is 0 Å². The molecule has 0 aliphatic rings. The minimum Gasteiger partial charge on any atom is -0.502 e. The molecule has 0 amide bonds. The number of aromatic nitrogens is 5. The third-order valence-electron chi connectivity index (χ3n) is 10.7. The predicted octanol–water partition coefficient (Wildman–Crippen LogP) is 13.0. The number of rotatable bonds is 9. The van der Waals surface area contributed by atoms with E-state index in [4.69, 9.17) is 9.47 Å². The molecule has 10 aromatic rings. The molecule has 6 aromatic carbocycles. The summed E-state index contributed by atoms with van der Waals surface area (Å²) in [5.41, 5.74) is 13.1. The van der Waals surface area contributed by atoms with Gasteiger partial charge in [0.05, 0.1) is 0 Å². The van der Waals surface area contributed by atoms with Crippen LogP contribution in [0.25, 0.3) is 72.5 Å². The topological polar surface area (TPSA) is 75.0 Å². The molecule has 0 bridgehead atoms. The van der Waals surface area contributed by atoms with Crippen molar-refractivity contribution >= 4 is 21.8 Å². The van der Waals surface area contributed by atoms with Gasteiger partial charge in [0, 0.05) is 47.8 Å². The van der Waals surface area contributed by atoms with E-state index < -0.39 is 0 Å². The molecule has 10 rings (SSSR count). The number of benzene rings is 6. The average Bonchev–Trinajstić information content (AvgIpc) is 3.60. The van der Waals surface area contributed by atoms with Crippen LogP contribution in [0.2, 0.25) is 0 Å². The molecule has 310 valence electrons. The summed E-state index contributed by atoms with van der Waals surface area (Å²) in [5, 5.41) is 1.86. The van der Waals surface area contributed by atoms with Gasteiger partial charge in [0.15, 0.2) is 0 Å². The first-order valence-corrected chi connectivity index (χ1v) is 20.0. The van der Waals surface area contributed by atoms with Gasteiger partial charge >= 0.3 is 42.1 Å². The third-order valence-corrected chi connectivity index (χ3v) is 10.7. The van der Waals surface area contributed by atoms with Crippen LogP contribution in [0.3, 0.4) is 0 Å². The number of ether oxygens (including phenoxy) is 2. The van der Waals surface area contributed by atoms with Crippen molar-refractivity contribution in [2.75, 3.05) is 0 Å². The molecule has 0 N–H and O–H groups in total. The molecule has 0 saturated heterocycles. The smallest absolute Gasteiger partial charge is 0.502 e. The molecule has 0 radical (unpaired) electrons. The zero-order chi connectivity index (χ0) is 41.5. The molecule has 4 heterocycles. The van der Waals surface area contributed by atoms with Crippen molar-refractivity contribution in [3.8, 4) is 73.7 Å². The average molecular weight is 1180 g/mol. The molecule has 0 atom stereocenters. The molecule has 0 fully saturated rings. The molecule has 9 heteroatoms. The van der Waals surface area contributed by atoms with Crippen molar-refractivity contribution in [3.05, 3.63) is 199 Å². The van der Waals surface area contributed by atoms with Crippen LogP contribution < -0.4 is 9.47 Å². The summed E-state index contributed by atoms with van der Waals surface area (Å²) in [4.78, 5) is 18.6. The van der Waals surface area contributed by atoms with E-state index in [1.54, 1.807) is 30.9 Å². The van der Waals surface area contributed by atoms with Gasteiger partial charge in [0.1, 0.15) is 0 Å². The van der Waals surface area contributed by atoms with Crippen LogP contribution in [-0.4, -0.2) is 24.5 Å². The Kier molecular flexibility index (Phi) is 12.6.